The highest BCUT2D eigenvalue weighted by Gasteiger charge is 2.38. The van der Waals surface area contributed by atoms with Crippen molar-refractivity contribution in [2.75, 3.05) is 43.1 Å². The number of aliphatic carboxylic acids is 1. The first-order valence-electron chi connectivity index (χ1n) is 14.2. The zero-order valence-corrected chi connectivity index (χ0v) is 23.6. The molecule has 0 spiro atoms. The summed E-state index contributed by atoms with van der Waals surface area (Å²) in [4.78, 5) is 36.3. The molecule has 3 N–H and O–H groups in total. The van der Waals surface area contributed by atoms with E-state index in [0.29, 0.717) is 24.8 Å². The van der Waals surface area contributed by atoms with E-state index in [-0.39, 0.29) is 5.97 Å². The van der Waals surface area contributed by atoms with Crippen LogP contribution in [0.25, 0.3) is 22.1 Å². The van der Waals surface area contributed by atoms with E-state index in [1.165, 1.54) is 36.9 Å². The fraction of sp³-hybridized carbons (Fsp3) is 0.448. The molecule has 2 fully saturated rings. The van der Waals surface area contributed by atoms with Gasteiger partial charge in [-0.05, 0) is 50.1 Å². The van der Waals surface area contributed by atoms with E-state index in [9.17, 15) is 18.0 Å². The topological polar surface area (TPSA) is 135 Å². The fourth-order valence-electron chi connectivity index (χ4n) is 5.40. The van der Waals surface area contributed by atoms with Gasteiger partial charge < -0.3 is 34.3 Å². The number of benzene rings is 2. The van der Waals surface area contributed by atoms with Gasteiger partial charge in [-0.2, -0.15) is 13.2 Å². The van der Waals surface area contributed by atoms with Gasteiger partial charge in [-0.1, -0.05) is 12.8 Å². The molecule has 1 aliphatic heterocycles. The largest absolute Gasteiger partial charge is 0.490 e. The van der Waals surface area contributed by atoms with Crippen LogP contribution in [0, 0.1) is 0 Å². The van der Waals surface area contributed by atoms with Crippen LogP contribution in [0.15, 0.2) is 36.7 Å². The van der Waals surface area contributed by atoms with Crippen molar-refractivity contribution < 1.29 is 37.3 Å². The van der Waals surface area contributed by atoms with E-state index >= 15 is 0 Å². The number of anilines is 2. The lowest BCUT2D eigenvalue weighted by molar-refractivity contribution is -0.192. The van der Waals surface area contributed by atoms with Crippen LogP contribution < -0.4 is 10.2 Å². The predicted molar refractivity (Wildman–Crippen MR) is 153 cm³/mol. The van der Waals surface area contributed by atoms with Gasteiger partial charge in [-0.15, -0.1) is 0 Å². The minimum absolute atomic E-state index is 0.325. The second-order valence-electron chi connectivity index (χ2n) is 10.3. The number of ether oxygens (including phenoxy) is 2. The van der Waals surface area contributed by atoms with Gasteiger partial charge in [-0.25, -0.2) is 19.6 Å². The number of esters is 1. The Bertz CT molecular complexity index is 1590. The van der Waals surface area contributed by atoms with Crippen molar-refractivity contribution >= 4 is 45.4 Å². The average molecular weight is 603 g/mol. The van der Waals surface area contributed by atoms with E-state index < -0.39 is 12.1 Å². The number of carboxylic acids is 1. The van der Waals surface area contributed by atoms with E-state index in [2.05, 4.69) is 31.9 Å². The van der Waals surface area contributed by atoms with Gasteiger partial charge in [0.1, 0.15) is 11.3 Å². The summed E-state index contributed by atoms with van der Waals surface area (Å²) in [6.45, 7) is 5.93. The van der Waals surface area contributed by atoms with Crippen molar-refractivity contribution in [3.63, 3.8) is 0 Å². The summed E-state index contributed by atoms with van der Waals surface area (Å²) in [7, 11) is 0. The number of carboxylic acid groups (broad SMARTS) is 1. The lowest BCUT2D eigenvalue weighted by Crippen LogP contribution is -2.36. The average Bonchev–Trinajstić information content (AvgIpc) is 3.75. The lowest BCUT2D eigenvalue weighted by Gasteiger charge is -2.29. The summed E-state index contributed by atoms with van der Waals surface area (Å²) in [6.07, 6.45) is 1.91. The summed E-state index contributed by atoms with van der Waals surface area (Å²) in [6, 6.07) is 10.4. The fourth-order valence-corrected chi connectivity index (χ4v) is 5.40. The van der Waals surface area contributed by atoms with Crippen molar-refractivity contribution in [1.82, 2.24) is 19.5 Å². The highest BCUT2D eigenvalue weighted by atomic mass is 19.4. The number of morpholine rings is 1. The number of aromatic amines is 1. The first kappa shape index (κ1) is 30.1. The predicted octanol–water partition coefficient (Wildman–Crippen LogP) is 5.29. The third-order valence-electron chi connectivity index (χ3n) is 7.49. The molecule has 4 aromatic rings. The standard InChI is InChI=1S/C27H32N6O3.C2HF3O2/c1-2-36-27(34)18-7-8-21-22(13-18)31-25(30-21)16-28-23-14-20(32-9-11-35-12-10-32)15-24-26(23)29-17-33(24)19-5-3-4-6-19;3-2(4,5)1(6)7/h7-8,13-15,17,19,28H,2-6,9-12,16H2,1H3,(H,30,31);(H,6,7). The van der Waals surface area contributed by atoms with Crippen LogP contribution in [0.4, 0.5) is 24.5 Å². The molecule has 2 aromatic carbocycles. The minimum Gasteiger partial charge on any atom is -0.475 e. The zero-order chi connectivity index (χ0) is 30.6. The molecule has 0 unspecified atom stereocenters. The van der Waals surface area contributed by atoms with Crippen LogP contribution >= 0.6 is 0 Å². The molecule has 0 bridgehead atoms. The smallest absolute Gasteiger partial charge is 0.475 e. The van der Waals surface area contributed by atoms with Gasteiger partial charge in [0, 0.05) is 24.8 Å². The van der Waals surface area contributed by atoms with E-state index in [4.69, 9.17) is 29.3 Å². The summed E-state index contributed by atoms with van der Waals surface area (Å²) in [5, 5.41) is 10.7. The van der Waals surface area contributed by atoms with Crippen LogP contribution in [0.3, 0.4) is 0 Å². The third kappa shape index (κ3) is 7.01. The van der Waals surface area contributed by atoms with E-state index in [1.54, 1.807) is 19.1 Å². The summed E-state index contributed by atoms with van der Waals surface area (Å²) in [5.41, 5.74) is 6.50. The normalized spacial score (nSPS) is 15.9. The van der Waals surface area contributed by atoms with Gasteiger partial charge in [0.2, 0.25) is 0 Å². The number of H-pyrrole nitrogens is 1. The monoisotopic (exact) mass is 602 g/mol. The highest BCUT2D eigenvalue weighted by Crippen LogP contribution is 2.36. The number of alkyl halides is 3. The molecule has 11 nitrogen and oxygen atoms in total. The Hall–Kier alpha value is -4.33. The zero-order valence-electron chi connectivity index (χ0n) is 23.6. The van der Waals surface area contributed by atoms with Gasteiger partial charge in [0.05, 0.1) is 60.5 Å². The van der Waals surface area contributed by atoms with Crippen LogP contribution in [-0.2, 0) is 20.8 Å². The van der Waals surface area contributed by atoms with Gasteiger partial charge >= 0.3 is 18.1 Å². The number of hydrogen-bond donors (Lipinski definition) is 3. The Morgan fingerprint density at radius 3 is 2.56 bits per heavy atom. The van der Waals surface area contributed by atoms with Crippen molar-refractivity contribution in [3.05, 3.63) is 48.0 Å². The van der Waals surface area contributed by atoms with Crippen molar-refractivity contribution in [2.24, 2.45) is 0 Å². The molecule has 2 aromatic heterocycles. The van der Waals surface area contributed by atoms with Crippen LogP contribution in [0.2, 0.25) is 0 Å². The Morgan fingerprint density at radius 2 is 1.88 bits per heavy atom. The number of nitrogens with zero attached hydrogens (tertiary/aromatic N) is 4. The molecule has 43 heavy (non-hydrogen) atoms. The molecule has 0 atom stereocenters. The molecule has 14 heteroatoms. The van der Waals surface area contributed by atoms with Crippen molar-refractivity contribution in [2.45, 2.75) is 51.4 Å². The van der Waals surface area contributed by atoms with E-state index in [0.717, 1.165) is 54.4 Å². The Balaban J connectivity index is 0.000000472. The molecule has 230 valence electrons. The molecular formula is C29H33F3N6O5. The number of carbonyl (C=O) groups excluding carboxylic acids is 1. The maximum Gasteiger partial charge on any atom is 0.490 e. The molecule has 6 rings (SSSR count). The number of carbonyl (C=O) groups is 2. The van der Waals surface area contributed by atoms with Gasteiger partial charge in [-0.3, -0.25) is 0 Å². The number of imidazole rings is 2. The van der Waals surface area contributed by atoms with Gasteiger partial charge in [0.15, 0.2) is 0 Å². The Labute approximate surface area is 245 Å². The first-order valence-corrected chi connectivity index (χ1v) is 14.2. The van der Waals surface area contributed by atoms with Crippen LogP contribution in [0.5, 0.6) is 0 Å². The maximum absolute atomic E-state index is 12.1. The molecule has 1 saturated carbocycles. The lowest BCUT2D eigenvalue weighted by atomic mass is 10.2. The van der Waals surface area contributed by atoms with Crippen molar-refractivity contribution in [3.8, 4) is 0 Å². The summed E-state index contributed by atoms with van der Waals surface area (Å²) >= 11 is 0. The molecule has 1 saturated heterocycles. The van der Waals surface area contributed by atoms with Crippen molar-refractivity contribution in [1.29, 1.82) is 0 Å². The van der Waals surface area contributed by atoms with Crippen LogP contribution in [-0.4, -0.2) is 75.7 Å². The minimum atomic E-state index is -5.08. The molecule has 3 heterocycles. The highest BCUT2D eigenvalue weighted by molar-refractivity contribution is 5.94. The van der Waals surface area contributed by atoms with E-state index in [1.807, 2.05) is 12.4 Å². The maximum atomic E-state index is 12.1. The molecule has 2 aliphatic rings. The third-order valence-corrected chi connectivity index (χ3v) is 7.49. The number of aromatic nitrogens is 4. The molecule has 0 amide bonds. The quantitative estimate of drug-likeness (QED) is 0.241. The Kier molecular flexibility index (Phi) is 9.04. The SMILES string of the molecule is CCOC(=O)c1ccc2nc(CNc3cc(N4CCOCC4)cc4c3ncn4C3CCCC3)[nH]c2c1.O=C(O)C(F)(F)F. The van der Waals surface area contributed by atoms with Gasteiger partial charge in [0.25, 0.3) is 0 Å². The number of rotatable bonds is 7. The number of fused-ring (bicyclic) bond motifs is 2. The number of halogens is 3. The first-order chi connectivity index (χ1) is 20.6. The molecule has 0 radical (unpaired) electrons. The number of hydrogen-bond acceptors (Lipinski definition) is 8. The summed E-state index contributed by atoms with van der Waals surface area (Å²) < 4.78 is 44.8. The number of nitrogens with one attached hydrogen (secondary N) is 2. The second kappa shape index (κ2) is 12.9. The molecule has 1 aliphatic carbocycles. The summed E-state index contributed by atoms with van der Waals surface area (Å²) in [5.74, 6) is -2.28. The second-order valence-corrected chi connectivity index (χ2v) is 10.3. The van der Waals surface area contributed by atoms with Crippen LogP contribution in [0.1, 0.15) is 54.8 Å². The Morgan fingerprint density at radius 1 is 1.16 bits per heavy atom. The molecular weight excluding hydrogens is 569 g/mol.